The Hall–Kier alpha value is -2.10. The van der Waals surface area contributed by atoms with Crippen molar-refractivity contribution in [3.63, 3.8) is 0 Å². The van der Waals surface area contributed by atoms with Crippen molar-refractivity contribution in [1.82, 2.24) is 14.4 Å². The molecule has 0 unspecified atom stereocenters. The lowest BCUT2D eigenvalue weighted by Crippen LogP contribution is -2.50. The predicted octanol–water partition coefficient (Wildman–Crippen LogP) is 2.10. The number of nitrogens with zero attached hydrogens (tertiary/aromatic N) is 3. The Kier molecular flexibility index (Phi) is 5.45. The molecule has 27 heavy (non-hydrogen) atoms. The van der Waals surface area contributed by atoms with Crippen LogP contribution in [0.15, 0.2) is 27.6 Å². The maximum absolute atomic E-state index is 12.9. The molecule has 1 aliphatic rings. The molecule has 10 heteroatoms. The summed E-state index contributed by atoms with van der Waals surface area (Å²) in [6.07, 6.45) is 0. The number of sulfonamides is 1. The summed E-state index contributed by atoms with van der Waals surface area (Å²) in [5, 5.41) is 4.15. The van der Waals surface area contributed by atoms with Crippen molar-refractivity contribution in [2.45, 2.75) is 18.7 Å². The van der Waals surface area contributed by atoms with Crippen molar-refractivity contribution in [2.75, 3.05) is 33.3 Å². The van der Waals surface area contributed by atoms with Gasteiger partial charge in [-0.15, -0.1) is 0 Å². The SMILES string of the molecule is COc1ccc(Cl)cc1C(=O)N1CCN(S(=O)(=O)c2c(C)noc2C)CC1. The molecule has 0 radical (unpaired) electrons. The van der Waals surface area contributed by atoms with E-state index in [-0.39, 0.29) is 42.7 Å². The molecule has 1 amide bonds. The standard InChI is InChI=1S/C17H20ClN3O5S/c1-11-16(12(2)26-19-11)27(23,24)21-8-6-20(7-9-21)17(22)14-10-13(18)4-5-15(14)25-3/h4-5,10H,6-9H2,1-3H3. The van der Waals surface area contributed by atoms with Gasteiger partial charge in [-0.2, -0.15) is 4.31 Å². The molecule has 2 aromatic rings. The molecule has 0 atom stereocenters. The van der Waals surface area contributed by atoms with Crippen LogP contribution in [-0.2, 0) is 10.0 Å². The lowest BCUT2D eigenvalue weighted by atomic mass is 10.1. The van der Waals surface area contributed by atoms with Gasteiger partial charge in [-0.3, -0.25) is 4.79 Å². The zero-order valence-corrected chi connectivity index (χ0v) is 16.8. The highest BCUT2D eigenvalue weighted by Gasteiger charge is 2.34. The molecule has 1 aromatic heterocycles. The molecule has 1 saturated heterocycles. The minimum absolute atomic E-state index is 0.0961. The van der Waals surface area contributed by atoms with Gasteiger partial charge in [0.1, 0.15) is 16.3 Å². The van der Waals surface area contributed by atoms with Crippen LogP contribution in [-0.4, -0.2) is 62.0 Å². The molecular weight excluding hydrogens is 394 g/mol. The van der Waals surface area contributed by atoms with Crippen LogP contribution < -0.4 is 4.74 Å². The molecule has 8 nitrogen and oxygen atoms in total. The van der Waals surface area contributed by atoms with E-state index in [9.17, 15) is 13.2 Å². The number of aryl methyl sites for hydroxylation is 2. The zero-order chi connectivity index (χ0) is 19.8. The molecule has 2 heterocycles. The van der Waals surface area contributed by atoms with Gasteiger partial charge in [0.25, 0.3) is 5.91 Å². The summed E-state index contributed by atoms with van der Waals surface area (Å²) in [6, 6.07) is 4.83. The number of hydrogen-bond acceptors (Lipinski definition) is 6. The third-order valence-electron chi connectivity index (χ3n) is 4.48. The van der Waals surface area contributed by atoms with Crippen LogP contribution in [0.3, 0.4) is 0 Å². The topological polar surface area (TPSA) is 93.0 Å². The van der Waals surface area contributed by atoms with Gasteiger partial charge in [-0.05, 0) is 32.0 Å². The Morgan fingerprint density at radius 3 is 2.44 bits per heavy atom. The fourth-order valence-electron chi connectivity index (χ4n) is 3.12. The first-order valence-electron chi connectivity index (χ1n) is 8.31. The fraction of sp³-hybridized carbons (Fsp3) is 0.412. The normalized spacial score (nSPS) is 15.8. The van der Waals surface area contributed by atoms with Gasteiger partial charge in [0.2, 0.25) is 10.0 Å². The molecule has 1 fully saturated rings. The average Bonchev–Trinajstić information content (AvgIpc) is 3.00. The Labute approximate surface area is 162 Å². The van der Waals surface area contributed by atoms with E-state index in [4.69, 9.17) is 20.9 Å². The third kappa shape index (κ3) is 3.67. The fourth-order valence-corrected chi connectivity index (χ4v) is 5.01. The number of benzene rings is 1. The maximum Gasteiger partial charge on any atom is 0.257 e. The monoisotopic (exact) mass is 413 g/mol. The van der Waals surface area contributed by atoms with Crippen LogP contribution in [0.4, 0.5) is 0 Å². The number of methoxy groups -OCH3 is 1. The summed E-state index contributed by atoms with van der Waals surface area (Å²) in [7, 11) is -2.24. The van der Waals surface area contributed by atoms with Gasteiger partial charge in [0.05, 0.1) is 12.7 Å². The molecule has 1 aromatic carbocycles. The summed E-state index contributed by atoms with van der Waals surface area (Å²) < 4.78 is 37.3. The van der Waals surface area contributed by atoms with Crippen LogP contribution in [0.1, 0.15) is 21.8 Å². The number of piperazine rings is 1. The van der Waals surface area contributed by atoms with E-state index in [1.54, 1.807) is 36.9 Å². The van der Waals surface area contributed by atoms with Crippen molar-refractivity contribution in [3.8, 4) is 5.75 Å². The number of carbonyl (C=O) groups is 1. The van der Waals surface area contributed by atoms with Crippen molar-refractivity contribution in [3.05, 3.63) is 40.2 Å². The molecule has 0 bridgehead atoms. The number of rotatable bonds is 4. The van der Waals surface area contributed by atoms with E-state index in [0.717, 1.165) is 0 Å². The van der Waals surface area contributed by atoms with Crippen molar-refractivity contribution >= 4 is 27.5 Å². The van der Waals surface area contributed by atoms with E-state index in [1.165, 1.54) is 11.4 Å². The zero-order valence-electron chi connectivity index (χ0n) is 15.2. The summed E-state index contributed by atoms with van der Waals surface area (Å²) in [6.45, 7) is 4.04. The molecule has 1 aliphatic heterocycles. The number of hydrogen-bond donors (Lipinski definition) is 0. The van der Waals surface area contributed by atoms with Crippen LogP contribution in [0.5, 0.6) is 5.75 Å². The Bertz CT molecular complexity index is 945. The van der Waals surface area contributed by atoms with Crippen molar-refractivity contribution in [1.29, 1.82) is 0 Å². The van der Waals surface area contributed by atoms with E-state index in [0.29, 0.717) is 22.0 Å². The molecule has 146 valence electrons. The van der Waals surface area contributed by atoms with Gasteiger partial charge >= 0.3 is 0 Å². The van der Waals surface area contributed by atoms with Gasteiger partial charge in [-0.1, -0.05) is 16.8 Å². The van der Waals surface area contributed by atoms with Gasteiger partial charge in [-0.25, -0.2) is 8.42 Å². The number of carbonyl (C=O) groups excluding carboxylic acids is 1. The second-order valence-corrected chi connectivity index (χ2v) is 8.51. The maximum atomic E-state index is 12.9. The largest absolute Gasteiger partial charge is 0.496 e. The highest BCUT2D eigenvalue weighted by Crippen LogP contribution is 2.27. The van der Waals surface area contributed by atoms with E-state index in [1.807, 2.05) is 0 Å². The van der Waals surface area contributed by atoms with Gasteiger partial charge in [0.15, 0.2) is 5.76 Å². The van der Waals surface area contributed by atoms with Crippen LogP contribution in [0.2, 0.25) is 5.02 Å². The number of ether oxygens (including phenoxy) is 1. The molecule has 3 rings (SSSR count). The molecule has 0 spiro atoms. The average molecular weight is 414 g/mol. The first-order chi connectivity index (χ1) is 12.8. The number of amides is 1. The second kappa shape index (κ2) is 7.49. The molecule has 0 N–H and O–H groups in total. The Morgan fingerprint density at radius 2 is 1.89 bits per heavy atom. The quantitative estimate of drug-likeness (QED) is 0.762. The first kappa shape index (κ1) is 19.7. The number of aromatic nitrogens is 1. The highest BCUT2D eigenvalue weighted by atomic mass is 35.5. The second-order valence-electron chi connectivity index (χ2n) is 6.19. The van der Waals surface area contributed by atoms with Crippen molar-refractivity contribution < 1.29 is 22.5 Å². The molecule has 0 aliphatic carbocycles. The summed E-state index contributed by atoms with van der Waals surface area (Å²) >= 11 is 6.00. The summed E-state index contributed by atoms with van der Waals surface area (Å²) in [5.41, 5.74) is 0.682. The van der Waals surface area contributed by atoms with E-state index < -0.39 is 10.0 Å². The van der Waals surface area contributed by atoms with E-state index in [2.05, 4.69) is 5.16 Å². The lowest BCUT2D eigenvalue weighted by molar-refractivity contribution is 0.0694. The number of halogens is 1. The van der Waals surface area contributed by atoms with Crippen LogP contribution in [0, 0.1) is 13.8 Å². The van der Waals surface area contributed by atoms with Gasteiger partial charge < -0.3 is 14.2 Å². The summed E-state index contributed by atoms with van der Waals surface area (Å²) in [4.78, 5) is 14.5. The third-order valence-corrected chi connectivity index (χ3v) is 6.86. The minimum Gasteiger partial charge on any atom is -0.496 e. The smallest absolute Gasteiger partial charge is 0.257 e. The minimum atomic E-state index is -3.72. The predicted molar refractivity (Wildman–Crippen MR) is 98.6 cm³/mol. The first-order valence-corrected chi connectivity index (χ1v) is 10.1. The Morgan fingerprint density at radius 1 is 1.22 bits per heavy atom. The van der Waals surface area contributed by atoms with Crippen molar-refractivity contribution in [2.24, 2.45) is 0 Å². The lowest BCUT2D eigenvalue weighted by Gasteiger charge is -2.34. The molecular formula is C17H20ClN3O5S. The molecule has 0 saturated carbocycles. The van der Waals surface area contributed by atoms with Crippen LogP contribution >= 0.6 is 11.6 Å². The van der Waals surface area contributed by atoms with Crippen LogP contribution in [0.25, 0.3) is 0 Å². The van der Waals surface area contributed by atoms with E-state index >= 15 is 0 Å². The highest BCUT2D eigenvalue weighted by molar-refractivity contribution is 7.89. The Balaban J connectivity index is 1.76. The summed E-state index contributed by atoms with van der Waals surface area (Å²) in [5.74, 6) is 0.438. The van der Waals surface area contributed by atoms with Gasteiger partial charge in [0, 0.05) is 31.2 Å².